The molecule has 0 spiro atoms. The summed E-state index contributed by atoms with van der Waals surface area (Å²) < 4.78 is 0.476. The molecule has 6 radical (unpaired) electrons. The summed E-state index contributed by atoms with van der Waals surface area (Å²) in [6.45, 7) is 18.6. The zero-order valence-electron chi connectivity index (χ0n) is 14.1. The van der Waals surface area contributed by atoms with Crippen molar-refractivity contribution in [2.75, 3.05) is 0 Å². The third kappa shape index (κ3) is 4.21. The Kier molecular flexibility index (Phi) is 7.53. The van der Waals surface area contributed by atoms with Gasteiger partial charge in [-0.15, -0.1) is 0 Å². The van der Waals surface area contributed by atoms with Crippen LogP contribution in [0.1, 0.15) is 54.4 Å². The first-order valence-electron chi connectivity index (χ1n) is 8.05. The van der Waals surface area contributed by atoms with E-state index in [9.17, 15) is 0 Å². The van der Waals surface area contributed by atoms with Crippen LogP contribution >= 0.6 is 0 Å². The molecule has 1 aliphatic rings. The van der Waals surface area contributed by atoms with Gasteiger partial charge in [-0.05, 0) is 0 Å². The van der Waals surface area contributed by atoms with Crippen LogP contribution in [0.4, 0.5) is 0 Å². The molecular formula is C18H30Pb2. The quantitative estimate of drug-likeness (QED) is 0.285. The summed E-state index contributed by atoms with van der Waals surface area (Å²) in [6, 6.07) is 0. The van der Waals surface area contributed by atoms with Crippen LogP contribution in [0.2, 0.25) is 0.533 Å². The number of rotatable bonds is 6. The molecule has 0 N–H and O–H groups in total. The molecule has 0 heterocycles. The summed E-state index contributed by atoms with van der Waals surface area (Å²) in [6.07, 6.45) is 2.75. The van der Waals surface area contributed by atoms with E-state index >= 15 is 0 Å². The Morgan fingerprint density at radius 3 is 2.20 bits per heavy atom. The van der Waals surface area contributed by atoms with Gasteiger partial charge in [-0.1, -0.05) is 0 Å². The van der Waals surface area contributed by atoms with Gasteiger partial charge < -0.3 is 0 Å². The first-order chi connectivity index (χ1) is 9.15. The van der Waals surface area contributed by atoms with Gasteiger partial charge in [0.15, 0.2) is 0 Å². The second-order valence-corrected chi connectivity index (χ2v) is 22.6. The molecule has 1 rings (SSSR count). The van der Waals surface area contributed by atoms with Crippen LogP contribution in [0.15, 0.2) is 17.9 Å². The Balaban J connectivity index is 2.94. The molecule has 0 aliphatic heterocycles. The number of hydrogen-bond acceptors (Lipinski definition) is 0. The maximum absolute atomic E-state index is 4.02. The van der Waals surface area contributed by atoms with Crippen molar-refractivity contribution in [3.05, 3.63) is 17.9 Å². The van der Waals surface area contributed by atoms with E-state index < -0.39 is 0 Å². The van der Waals surface area contributed by atoms with Gasteiger partial charge in [0.1, 0.15) is 0 Å². The second-order valence-electron chi connectivity index (χ2n) is 7.27. The fourth-order valence-electron chi connectivity index (χ4n) is 4.44. The standard InChI is InChI=1S/C18H30.2Pb/c1-8-15(9-2)14(7)17-11-13(6)18(17)16(10-3)12(4)5;;/h12-14,16-18H,1,10-11H2,2-7H3;;. The minimum atomic E-state index is 0.476. The average molecular weight is 661 g/mol. The zero-order chi connectivity index (χ0) is 15.7. The van der Waals surface area contributed by atoms with Crippen molar-refractivity contribution in [1.82, 2.24) is 0 Å². The molecule has 0 aromatic carbocycles. The van der Waals surface area contributed by atoms with Gasteiger partial charge in [-0.25, -0.2) is 0 Å². The van der Waals surface area contributed by atoms with Gasteiger partial charge in [-0.3, -0.25) is 0 Å². The number of hydrogen-bond donors (Lipinski definition) is 0. The van der Waals surface area contributed by atoms with Gasteiger partial charge in [0.2, 0.25) is 0 Å². The first-order valence-corrected chi connectivity index (χ1v) is 11.9. The average Bonchev–Trinajstić information content (AvgIpc) is 2.30. The van der Waals surface area contributed by atoms with Crippen molar-refractivity contribution in [3.8, 4) is 0 Å². The minimum absolute atomic E-state index is 0.476. The van der Waals surface area contributed by atoms with Gasteiger partial charge in [0.05, 0.1) is 0 Å². The molecule has 5 atom stereocenters. The molecule has 0 bridgehead atoms. The Morgan fingerprint density at radius 2 is 1.90 bits per heavy atom. The van der Waals surface area contributed by atoms with Gasteiger partial charge in [0.25, 0.3) is 0 Å². The molecule has 1 fully saturated rings. The Morgan fingerprint density at radius 1 is 1.35 bits per heavy atom. The van der Waals surface area contributed by atoms with Crippen LogP contribution in [0.3, 0.4) is 0 Å². The summed E-state index contributed by atoms with van der Waals surface area (Å²) >= 11 is 2.49. The van der Waals surface area contributed by atoms with Crippen molar-refractivity contribution >= 4 is 51.5 Å². The molecule has 0 saturated heterocycles. The van der Waals surface area contributed by atoms with Crippen molar-refractivity contribution in [1.29, 1.82) is 0 Å². The second kappa shape index (κ2) is 7.76. The summed E-state index contributed by atoms with van der Waals surface area (Å²) in [4.78, 5) is 0. The van der Waals surface area contributed by atoms with Crippen molar-refractivity contribution in [3.63, 3.8) is 0 Å². The van der Waals surface area contributed by atoms with Gasteiger partial charge >= 0.3 is 160 Å². The molecule has 20 heavy (non-hydrogen) atoms. The molecule has 5 unspecified atom stereocenters. The van der Waals surface area contributed by atoms with E-state index in [2.05, 4.69) is 53.9 Å². The predicted molar refractivity (Wildman–Crippen MR) is 91.1 cm³/mol. The molecule has 0 amide bonds. The molecule has 1 aliphatic carbocycles. The van der Waals surface area contributed by atoms with E-state index in [0.29, 0.717) is 6.45 Å². The molecular weight excluding hydrogens is 631 g/mol. The molecule has 0 nitrogen and oxygen atoms in total. The first kappa shape index (κ1) is 19.4. The van der Waals surface area contributed by atoms with Crippen LogP contribution in [-0.4, -0.2) is 51.5 Å². The number of allylic oxidation sites excluding steroid dienone is 1. The topological polar surface area (TPSA) is 0 Å². The fourth-order valence-corrected chi connectivity index (χ4v) is 6.90. The molecule has 1 saturated carbocycles. The normalized spacial score (nSPS) is 29.6. The van der Waals surface area contributed by atoms with Crippen LogP contribution < -0.4 is 0 Å². The molecule has 2 heteroatoms. The SMILES string of the molecule is C=C=C(C(C)C1CC(C)C1C(CC)C(C)C)[C](C)([Pb])[Pb]. The van der Waals surface area contributed by atoms with E-state index in [-0.39, 0.29) is 0 Å². The third-order valence-corrected chi connectivity index (χ3v) is 7.54. The van der Waals surface area contributed by atoms with Crippen LogP contribution in [-0.2, 0) is 0 Å². The molecule has 110 valence electrons. The van der Waals surface area contributed by atoms with Crippen LogP contribution in [0.5, 0.6) is 0 Å². The monoisotopic (exact) mass is 662 g/mol. The van der Waals surface area contributed by atoms with Crippen molar-refractivity contribution < 1.29 is 0 Å². The Bertz CT molecular complexity index is 371. The van der Waals surface area contributed by atoms with Crippen LogP contribution in [0.25, 0.3) is 0 Å². The summed E-state index contributed by atoms with van der Waals surface area (Å²) in [7, 11) is 0. The molecule has 0 aromatic rings. The van der Waals surface area contributed by atoms with E-state index in [4.69, 9.17) is 0 Å². The summed E-state index contributed by atoms with van der Waals surface area (Å²) in [5.41, 5.74) is 4.90. The summed E-state index contributed by atoms with van der Waals surface area (Å²) in [5, 5.41) is 0. The van der Waals surface area contributed by atoms with E-state index in [1.54, 1.807) is 5.57 Å². The Labute approximate surface area is 158 Å². The van der Waals surface area contributed by atoms with E-state index in [1.165, 1.54) is 64.4 Å². The zero-order valence-corrected chi connectivity index (χ0v) is 21.9. The van der Waals surface area contributed by atoms with Gasteiger partial charge in [-0.2, -0.15) is 0 Å². The third-order valence-electron chi connectivity index (χ3n) is 5.44. The van der Waals surface area contributed by atoms with Crippen LogP contribution in [0, 0.1) is 35.5 Å². The van der Waals surface area contributed by atoms with Gasteiger partial charge in [0, 0.05) is 0 Å². The van der Waals surface area contributed by atoms with E-state index in [0.717, 1.165) is 29.6 Å². The summed E-state index contributed by atoms with van der Waals surface area (Å²) in [5.74, 6) is 5.12. The van der Waals surface area contributed by atoms with E-state index in [1.807, 2.05) is 0 Å². The van der Waals surface area contributed by atoms with Crippen molar-refractivity contribution in [2.24, 2.45) is 35.5 Å². The Hall–Kier alpha value is 1.36. The van der Waals surface area contributed by atoms with Crippen molar-refractivity contribution in [2.45, 2.75) is 54.9 Å². The fraction of sp³-hybridized carbons (Fsp3) is 0.833. The molecule has 0 aromatic heterocycles. The predicted octanol–water partition coefficient (Wildman–Crippen LogP) is 4.76. The maximum atomic E-state index is 4.02.